The maximum Gasteiger partial charge on any atom is 0.407 e. The highest BCUT2D eigenvalue weighted by Gasteiger charge is 2.08. The van der Waals surface area contributed by atoms with Crippen molar-refractivity contribution < 1.29 is 9.53 Å². The molecule has 1 amide bonds. The van der Waals surface area contributed by atoms with Gasteiger partial charge in [-0.15, -0.1) is 0 Å². The second kappa shape index (κ2) is 5.46. The van der Waals surface area contributed by atoms with E-state index in [1.165, 1.54) is 7.11 Å². The molecule has 0 rings (SSSR count). The normalized spacial score (nSPS) is 11.6. The highest BCUT2D eigenvalue weighted by Crippen LogP contribution is 1.93. The molecule has 1 atom stereocenters. The van der Waals surface area contributed by atoms with Gasteiger partial charge in [0.15, 0.2) is 0 Å². The molecule has 0 aliphatic carbocycles. The number of amides is 1. The van der Waals surface area contributed by atoms with Crippen molar-refractivity contribution in [1.82, 2.24) is 10.6 Å². The number of ether oxygens (including phenoxy) is 1. The maximum absolute atomic E-state index is 10.7. The second-order valence-corrected chi connectivity index (χ2v) is 2.41. The summed E-state index contributed by atoms with van der Waals surface area (Å²) in [5.74, 6) is 0. The van der Waals surface area contributed by atoms with E-state index in [9.17, 15) is 4.79 Å². The van der Waals surface area contributed by atoms with E-state index in [2.05, 4.69) is 21.9 Å². The van der Waals surface area contributed by atoms with Crippen molar-refractivity contribution in [2.24, 2.45) is 0 Å². The second-order valence-electron chi connectivity index (χ2n) is 2.41. The Morgan fingerprint density at radius 3 is 2.67 bits per heavy atom. The third-order valence-electron chi connectivity index (χ3n) is 1.45. The van der Waals surface area contributed by atoms with Crippen LogP contribution in [0.2, 0.25) is 0 Å². The number of carbonyl (C=O) groups is 1. The Hall–Kier alpha value is -1.19. The number of hydrogen-bond donors (Lipinski definition) is 2. The smallest absolute Gasteiger partial charge is 0.407 e. The number of rotatable bonds is 4. The van der Waals surface area contributed by atoms with Gasteiger partial charge in [0.05, 0.1) is 13.2 Å². The first-order chi connectivity index (χ1) is 5.61. The van der Waals surface area contributed by atoms with Gasteiger partial charge in [-0.1, -0.05) is 6.58 Å². The average Bonchev–Trinajstić information content (AvgIpc) is 2.04. The van der Waals surface area contributed by atoms with Gasteiger partial charge in [-0.2, -0.15) is 0 Å². The number of carbonyl (C=O) groups excluding carboxylic acids is 1. The van der Waals surface area contributed by atoms with Gasteiger partial charge >= 0.3 is 6.09 Å². The fraction of sp³-hybridized carbons (Fsp3) is 0.625. The van der Waals surface area contributed by atoms with Crippen molar-refractivity contribution in [1.29, 1.82) is 0 Å². The van der Waals surface area contributed by atoms with E-state index < -0.39 is 6.09 Å². The fourth-order valence-electron chi connectivity index (χ4n) is 0.703. The number of likely N-dealkylation sites (N-methyl/N-ethyl adjacent to an activating group) is 1. The van der Waals surface area contributed by atoms with E-state index >= 15 is 0 Å². The van der Waals surface area contributed by atoms with Crippen molar-refractivity contribution in [2.45, 2.75) is 19.9 Å². The van der Waals surface area contributed by atoms with Gasteiger partial charge in [-0.05, 0) is 13.8 Å². The first-order valence-corrected chi connectivity index (χ1v) is 3.89. The summed E-state index contributed by atoms with van der Waals surface area (Å²) in [7, 11) is 1.33. The maximum atomic E-state index is 10.7. The van der Waals surface area contributed by atoms with E-state index in [0.717, 1.165) is 12.2 Å². The monoisotopic (exact) mass is 172 g/mol. The fourth-order valence-corrected chi connectivity index (χ4v) is 0.703. The molecule has 0 spiro atoms. The molecule has 0 fully saturated rings. The number of methoxy groups -OCH3 is 1. The Bertz CT molecular complexity index is 168. The van der Waals surface area contributed by atoms with Gasteiger partial charge in [0.25, 0.3) is 0 Å². The van der Waals surface area contributed by atoms with E-state index in [0.29, 0.717) is 0 Å². The molecule has 0 bridgehead atoms. The van der Waals surface area contributed by atoms with Crippen molar-refractivity contribution in [3.05, 3.63) is 12.3 Å². The van der Waals surface area contributed by atoms with Crippen LogP contribution in [0.1, 0.15) is 13.8 Å². The lowest BCUT2D eigenvalue weighted by atomic mass is 10.2. The molecule has 12 heavy (non-hydrogen) atoms. The molecule has 2 N–H and O–H groups in total. The SMILES string of the molecule is C=C(NCC)C(C)NC(=O)OC. The van der Waals surface area contributed by atoms with Crippen molar-refractivity contribution in [3.8, 4) is 0 Å². The number of hydrogen-bond acceptors (Lipinski definition) is 3. The Morgan fingerprint density at radius 2 is 2.25 bits per heavy atom. The van der Waals surface area contributed by atoms with Crippen LogP contribution in [0.3, 0.4) is 0 Å². The highest BCUT2D eigenvalue weighted by molar-refractivity contribution is 5.67. The molecule has 1 unspecified atom stereocenters. The minimum Gasteiger partial charge on any atom is -0.453 e. The first kappa shape index (κ1) is 10.8. The zero-order valence-electron chi connectivity index (χ0n) is 7.81. The summed E-state index contributed by atoms with van der Waals surface area (Å²) in [6, 6.07) is -0.114. The lowest BCUT2D eigenvalue weighted by Gasteiger charge is -2.16. The summed E-state index contributed by atoms with van der Waals surface area (Å²) >= 11 is 0. The molecule has 0 radical (unpaired) electrons. The zero-order valence-corrected chi connectivity index (χ0v) is 7.81. The van der Waals surface area contributed by atoms with Crippen LogP contribution in [-0.4, -0.2) is 25.8 Å². The summed E-state index contributed by atoms with van der Waals surface area (Å²) < 4.78 is 4.43. The third kappa shape index (κ3) is 3.85. The van der Waals surface area contributed by atoms with Crippen LogP contribution in [0.15, 0.2) is 12.3 Å². The van der Waals surface area contributed by atoms with Crippen LogP contribution < -0.4 is 10.6 Å². The Kier molecular flexibility index (Phi) is 4.92. The molecule has 0 aromatic rings. The van der Waals surface area contributed by atoms with Crippen LogP contribution in [-0.2, 0) is 4.74 Å². The minimum atomic E-state index is -0.443. The summed E-state index contributed by atoms with van der Waals surface area (Å²) in [6.07, 6.45) is -0.443. The molecule has 4 nitrogen and oxygen atoms in total. The molecule has 0 aromatic carbocycles. The van der Waals surface area contributed by atoms with Crippen LogP contribution in [0.5, 0.6) is 0 Å². The van der Waals surface area contributed by atoms with E-state index in [4.69, 9.17) is 0 Å². The molecule has 0 saturated heterocycles. The van der Waals surface area contributed by atoms with Gasteiger partial charge in [0.1, 0.15) is 0 Å². The van der Waals surface area contributed by atoms with Crippen molar-refractivity contribution in [2.75, 3.05) is 13.7 Å². The van der Waals surface area contributed by atoms with Crippen LogP contribution in [0.4, 0.5) is 4.79 Å². The van der Waals surface area contributed by atoms with Crippen LogP contribution in [0.25, 0.3) is 0 Å². The van der Waals surface area contributed by atoms with Gasteiger partial charge in [0.2, 0.25) is 0 Å². The summed E-state index contributed by atoms with van der Waals surface area (Å²) in [5, 5.41) is 5.60. The largest absolute Gasteiger partial charge is 0.453 e. The number of alkyl carbamates (subject to hydrolysis) is 1. The molecule has 0 aliphatic rings. The Balaban J connectivity index is 3.78. The Labute approximate surface area is 73.0 Å². The molecule has 0 saturated carbocycles. The first-order valence-electron chi connectivity index (χ1n) is 3.89. The predicted molar refractivity (Wildman–Crippen MR) is 47.8 cm³/mol. The summed E-state index contributed by atoms with van der Waals surface area (Å²) in [6.45, 7) is 8.35. The third-order valence-corrected chi connectivity index (χ3v) is 1.45. The predicted octanol–water partition coefficient (Wildman–Crippen LogP) is 0.854. The van der Waals surface area contributed by atoms with Crippen molar-refractivity contribution >= 4 is 6.09 Å². The molecule has 70 valence electrons. The zero-order chi connectivity index (χ0) is 9.56. The van der Waals surface area contributed by atoms with E-state index in [1.54, 1.807) is 0 Å². The summed E-state index contributed by atoms with van der Waals surface area (Å²) in [5.41, 5.74) is 0.780. The Morgan fingerprint density at radius 1 is 1.67 bits per heavy atom. The summed E-state index contributed by atoms with van der Waals surface area (Å²) in [4.78, 5) is 10.7. The van der Waals surface area contributed by atoms with E-state index in [-0.39, 0.29) is 6.04 Å². The lowest BCUT2D eigenvalue weighted by Crippen LogP contribution is -2.37. The molecule has 0 aliphatic heterocycles. The highest BCUT2D eigenvalue weighted by atomic mass is 16.5. The van der Waals surface area contributed by atoms with Crippen molar-refractivity contribution in [3.63, 3.8) is 0 Å². The standard InChI is InChI=1S/C8H16N2O2/c1-5-9-6(2)7(3)10-8(11)12-4/h7,9H,2,5H2,1,3-4H3,(H,10,11). The molecular weight excluding hydrogens is 156 g/mol. The van der Waals surface area contributed by atoms with Gasteiger partial charge in [0, 0.05) is 12.2 Å². The van der Waals surface area contributed by atoms with Crippen LogP contribution in [0, 0.1) is 0 Å². The molecule has 4 heteroatoms. The molecule has 0 heterocycles. The topological polar surface area (TPSA) is 50.4 Å². The quantitative estimate of drug-likeness (QED) is 0.661. The lowest BCUT2D eigenvalue weighted by molar-refractivity contribution is 0.168. The molecule has 0 aromatic heterocycles. The molecular formula is C8H16N2O2. The number of nitrogens with one attached hydrogen (secondary N) is 2. The van der Waals surface area contributed by atoms with Gasteiger partial charge in [-0.25, -0.2) is 4.79 Å². The minimum absolute atomic E-state index is 0.114. The van der Waals surface area contributed by atoms with Gasteiger partial charge in [-0.3, -0.25) is 0 Å². The van der Waals surface area contributed by atoms with Crippen LogP contribution >= 0.6 is 0 Å². The van der Waals surface area contributed by atoms with E-state index in [1.807, 2.05) is 13.8 Å². The van der Waals surface area contributed by atoms with Gasteiger partial charge < -0.3 is 15.4 Å². The average molecular weight is 172 g/mol.